The molecule has 19 heavy (non-hydrogen) atoms. The van der Waals surface area contributed by atoms with Crippen molar-refractivity contribution in [3.05, 3.63) is 29.8 Å². The Hall–Kier alpha value is -1.21. The molecule has 1 unspecified atom stereocenters. The van der Waals surface area contributed by atoms with Crippen LogP contribution in [0.25, 0.3) is 0 Å². The van der Waals surface area contributed by atoms with E-state index >= 15 is 0 Å². The lowest BCUT2D eigenvalue weighted by molar-refractivity contribution is -0.161. The predicted molar refractivity (Wildman–Crippen MR) is 66.9 cm³/mol. The molecule has 0 saturated heterocycles. The SMILES string of the molecule is Cc1ccc(SN(C)C(CC(F)(F)F)C(=O)O)cc1. The lowest BCUT2D eigenvalue weighted by Gasteiger charge is -2.24. The van der Waals surface area contributed by atoms with E-state index in [0.29, 0.717) is 4.90 Å². The molecule has 0 aliphatic heterocycles. The largest absolute Gasteiger partial charge is 0.480 e. The number of carboxylic acids is 1. The van der Waals surface area contributed by atoms with Gasteiger partial charge in [-0.25, -0.2) is 4.31 Å². The number of halogens is 3. The zero-order valence-corrected chi connectivity index (χ0v) is 11.3. The summed E-state index contributed by atoms with van der Waals surface area (Å²) in [6, 6.07) is 5.50. The van der Waals surface area contributed by atoms with Gasteiger partial charge >= 0.3 is 12.1 Å². The minimum Gasteiger partial charge on any atom is -0.480 e. The maximum absolute atomic E-state index is 12.3. The van der Waals surface area contributed by atoms with E-state index in [-0.39, 0.29) is 0 Å². The lowest BCUT2D eigenvalue weighted by atomic mass is 10.2. The second-order valence-corrected chi connectivity index (χ2v) is 5.35. The minimum absolute atomic E-state index is 0.696. The summed E-state index contributed by atoms with van der Waals surface area (Å²) in [5.41, 5.74) is 1.03. The first kappa shape index (κ1) is 15.8. The Morgan fingerprint density at radius 3 is 2.32 bits per heavy atom. The Balaban J connectivity index is 2.74. The molecule has 0 heterocycles. The first-order valence-corrected chi connectivity index (χ1v) is 6.23. The summed E-state index contributed by atoms with van der Waals surface area (Å²) in [5.74, 6) is -1.49. The molecule has 3 nitrogen and oxygen atoms in total. The number of aliphatic carboxylic acids is 1. The topological polar surface area (TPSA) is 40.5 Å². The first-order valence-electron chi connectivity index (χ1n) is 5.46. The van der Waals surface area contributed by atoms with Gasteiger partial charge in [-0.3, -0.25) is 4.79 Å². The zero-order chi connectivity index (χ0) is 14.6. The number of carbonyl (C=O) groups is 1. The van der Waals surface area contributed by atoms with Crippen LogP contribution in [0.5, 0.6) is 0 Å². The maximum Gasteiger partial charge on any atom is 0.391 e. The lowest BCUT2D eigenvalue weighted by Crippen LogP contribution is -2.38. The van der Waals surface area contributed by atoms with Crippen molar-refractivity contribution in [3.8, 4) is 0 Å². The van der Waals surface area contributed by atoms with Crippen molar-refractivity contribution in [2.75, 3.05) is 7.05 Å². The molecule has 0 aliphatic carbocycles. The molecule has 106 valence electrons. The van der Waals surface area contributed by atoms with Gasteiger partial charge in [-0.05, 0) is 38.1 Å². The van der Waals surface area contributed by atoms with Crippen molar-refractivity contribution < 1.29 is 23.1 Å². The standard InChI is InChI=1S/C12H14F3NO2S/c1-8-3-5-9(6-4-8)19-16(2)10(11(17)18)7-12(13,14)15/h3-6,10H,7H2,1-2H3,(H,17,18). The molecule has 0 aliphatic rings. The molecule has 0 radical (unpaired) electrons. The van der Waals surface area contributed by atoms with E-state index in [1.807, 2.05) is 19.1 Å². The molecule has 1 N–H and O–H groups in total. The van der Waals surface area contributed by atoms with E-state index in [2.05, 4.69) is 0 Å². The highest BCUT2D eigenvalue weighted by atomic mass is 32.2. The third-order valence-electron chi connectivity index (χ3n) is 2.42. The van der Waals surface area contributed by atoms with Crippen LogP contribution < -0.4 is 0 Å². The number of hydrogen-bond acceptors (Lipinski definition) is 3. The molecule has 7 heteroatoms. The van der Waals surface area contributed by atoms with E-state index in [4.69, 9.17) is 5.11 Å². The van der Waals surface area contributed by atoms with E-state index in [1.54, 1.807) is 12.1 Å². The van der Waals surface area contributed by atoms with E-state index in [9.17, 15) is 18.0 Å². The van der Waals surface area contributed by atoms with Gasteiger partial charge in [0.15, 0.2) is 0 Å². The minimum atomic E-state index is -4.51. The third-order valence-corrected chi connectivity index (χ3v) is 3.44. The van der Waals surface area contributed by atoms with Gasteiger partial charge in [0.2, 0.25) is 0 Å². The molecular weight excluding hydrogens is 279 g/mol. The Labute approximate surface area is 113 Å². The highest BCUT2D eigenvalue weighted by Crippen LogP contribution is 2.29. The van der Waals surface area contributed by atoms with Crippen LogP contribution in [0.4, 0.5) is 13.2 Å². The molecule has 0 amide bonds. The molecule has 1 aromatic rings. The number of benzene rings is 1. The Bertz CT molecular complexity index is 434. The summed E-state index contributed by atoms with van der Waals surface area (Å²) in [4.78, 5) is 11.6. The summed E-state index contributed by atoms with van der Waals surface area (Å²) in [5, 5.41) is 8.87. The van der Waals surface area contributed by atoms with Crippen LogP contribution in [-0.2, 0) is 4.79 Å². The average Bonchev–Trinajstić information content (AvgIpc) is 2.27. The fourth-order valence-electron chi connectivity index (χ4n) is 1.42. The van der Waals surface area contributed by atoms with Gasteiger partial charge in [0.1, 0.15) is 6.04 Å². The Morgan fingerprint density at radius 2 is 1.89 bits per heavy atom. The second kappa shape index (κ2) is 6.29. The van der Waals surface area contributed by atoms with Gasteiger partial charge in [-0.2, -0.15) is 13.2 Å². The number of hydrogen-bond donors (Lipinski definition) is 1. The van der Waals surface area contributed by atoms with Gasteiger partial charge < -0.3 is 5.11 Å². The highest BCUT2D eigenvalue weighted by Gasteiger charge is 2.37. The number of likely N-dealkylation sites (N-methyl/N-ethyl adjacent to an activating group) is 1. The molecule has 1 atom stereocenters. The number of nitrogens with zero attached hydrogens (tertiary/aromatic N) is 1. The smallest absolute Gasteiger partial charge is 0.391 e. The summed E-state index contributed by atoms with van der Waals surface area (Å²) >= 11 is 0.982. The van der Waals surface area contributed by atoms with E-state index in [0.717, 1.165) is 21.8 Å². The maximum atomic E-state index is 12.3. The van der Waals surface area contributed by atoms with Gasteiger partial charge in [-0.1, -0.05) is 17.7 Å². The van der Waals surface area contributed by atoms with E-state index < -0.39 is 24.6 Å². The van der Waals surface area contributed by atoms with Crippen molar-refractivity contribution in [1.29, 1.82) is 0 Å². The molecule has 0 bridgehead atoms. The zero-order valence-electron chi connectivity index (χ0n) is 10.4. The second-order valence-electron chi connectivity index (χ2n) is 4.12. The molecule has 1 aromatic carbocycles. The number of rotatable bonds is 5. The van der Waals surface area contributed by atoms with Gasteiger partial charge in [-0.15, -0.1) is 0 Å². The summed E-state index contributed by atoms with van der Waals surface area (Å²) < 4.78 is 38.1. The normalized spacial score (nSPS) is 13.6. The third kappa shape index (κ3) is 5.52. The van der Waals surface area contributed by atoms with Crippen molar-refractivity contribution in [1.82, 2.24) is 4.31 Å². The fourth-order valence-corrected chi connectivity index (χ4v) is 2.30. The predicted octanol–water partition coefficient (Wildman–Crippen LogP) is 3.34. The van der Waals surface area contributed by atoms with E-state index in [1.165, 1.54) is 7.05 Å². The summed E-state index contributed by atoms with van der Waals surface area (Å²) in [7, 11) is 1.34. The number of alkyl halides is 3. The molecule has 0 spiro atoms. The first-order chi connectivity index (χ1) is 8.69. The molecule has 0 fully saturated rings. The van der Waals surface area contributed by atoms with Crippen molar-refractivity contribution in [3.63, 3.8) is 0 Å². The molecular formula is C12H14F3NO2S. The average molecular weight is 293 g/mol. The van der Waals surface area contributed by atoms with Crippen LogP contribution >= 0.6 is 11.9 Å². The van der Waals surface area contributed by atoms with Gasteiger partial charge in [0.05, 0.1) is 6.42 Å². The molecule has 1 rings (SSSR count). The van der Waals surface area contributed by atoms with Crippen LogP contribution in [0.1, 0.15) is 12.0 Å². The van der Waals surface area contributed by atoms with Crippen LogP contribution in [0.15, 0.2) is 29.2 Å². The Morgan fingerprint density at radius 1 is 1.37 bits per heavy atom. The van der Waals surface area contributed by atoms with Crippen molar-refractivity contribution >= 4 is 17.9 Å². The van der Waals surface area contributed by atoms with Gasteiger partial charge in [0, 0.05) is 4.90 Å². The van der Waals surface area contributed by atoms with Crippen LogP contribution in [0.2, 0.25) is 0 Å². The quantitative estimate of drug-likeness (QED) is 0.845. The Kier molecular flexibility index (Phi) is 5.25. The summed E-state index contributed by atoms with van der Waals surface area (Å²) in [6.07, 6.45) is -5.89. The van der Waals surface area contributed by atoms with Crippen LogP contribution in [-0.4, -0.2) is 34.6 Å². The van der Waals surface area contributed by atoms with Gasteiger partial charge in [0.25, 0.3) is 0 Å². The fraction of sp³-hybridized carbons (Fsp3) is 0.417. The van der Waals surface area contributed by atoms with Crippen LogP contribution in [0.3, 0.4) is 0 Å². The van der Waals surface area contributed by atoms with Crippen molar-refractivity contribution in [2.45, 2.75) is 30.5 Å². The highest BCUT2D eigenvalue weighted by molar-refractivity contribution is 7.97. The monoisotopic (exact) mass is 293 g/mol. The van der Waals surface area contributed by atoms with Crippen LogP contribution in [0, 0.1) is 6.92 Å². The molecule has 0 aromatic heterocycles. The van der Waals surface area contributed by atoms with Crippen molar-refractivity contribution in [2.24, 2.45) is 0 Å². The number of carboxylic acid groups (broad SMARTS) is 1. The number of aryl methyl sites for hydroxylation is 1. The molecule has 0 saturated carbocycles. The summed E-state index contributed by atoms with van der Waals surface area (Å²) in [6.45, 7) is 1.89.